The molecule has 0 aliphatic rings. The zero-order valence-corrected chi connectivity index (χ0v) is 10.2. The maximum absolute atomic E-state index is 11.1. The van der Waals surface area contributed by atoms with Gasteiger partial charge in [0, 0.05) is 5.92 Å². The predicted molar refractivity (Wildman–Crippen MR) is 64.0 cm³/mol. The van der Waals surface area contributed by atoms with E-state index in [9.17, 15) is 4.79 Å². The molecule has 1 atom stereocenters. The van der Waals surface area contributed by atoms with Crippen molar-refractivity contribution in [2.45, 2.75) is 27.2 Å². The van der Waals surface area contributed by atoms with E-state index in [1.807, 2.05) is 25.1 Å². The average Bonchev–Trinajstić information content (AvgIpc) is 2.17. The van der Waals surface area contributed by atoms with Crippen molar-refractivity contribution in [1.82, 2.24) is 0 Å². The van der Waals surface area contributed by atoms with Gasteiger partial charge in [0.25, 0.3) is 0 Å². The van der Waals surface area contributed by atoms with Gasteiger partial charge < -0.3 is 0 Å². The first-order valence-electron chi connectivity index (χ1n) is 5.17. The Bertz CT molecular complexity index is 330. The Kier molecular flexibility index (Phi) is 3.92. The van der Waals surface area contributed by atoms with E-state index >= 15 is 0 Å². The standard InChI is InChI=1S/C13H17ClO/c1-10(12(14)15)13(2,3)9-11-7-5-4-6-8-11/h4-8,10H,9H2,1-3H3. The molecule has 0 saturated heterocycles. The van der Waals surface area contributed by atoms with Gasteiger partial charge in [0.1, 0.15) is 0 Å². The number of halogens is 1. The minimum Gasteiger partial charge on any atom is -0.281 e. The normalized spacial score (nSPS) is 13.6. The van der Waals surface area contributed by atoms with Gasteiger partial charge in [-0.15, -0.1) is 0 Å². The third-order valence-corrected chi connectivity index (χ3v) is 3.34. The quantitative estimate of drug-likeness (QED) is 0.714. The maximum atomic E-state index is 11.1. The maximum Gasteiger partial charge on any atom is 0.224 e. The summed E-state index contributed by atoms with van der Waals surface area (Å²) in [5.74, 6) is -0.126. The number of benzene rings is 1. The van der Waals surface area contributed by atoms with Crippen LogP contribution in [-0.2, 0) is 11.2 Å². The third kappa shape index (κ3) is 3.35. The molecular formula is C13H17ClO. The molecule has 1 nitrogen and oxygen atoms in total. The minimum atomic E-state index is -0.254. The smallest absolute Gasteiger partial charge is 0.224 e. The second kappa shape index (κ2) is 4.80. The lowest BCUT2D eigenvalue weighted by Gasteiger charge is -2.29. The fraction of sp³-hybridized carbons (Fsp3) is 0.462. The van der Waals surface area contributed by atoms with Crippen LogP contribution in [0.15, 0.2) is 30.3 Å². The van der Waals surface area contributed by atoms with E-state index in [1.165, 1.54) is 5.56 Å². The highest BCUT2D eigenvalue weighted by Crippen LogP contribution is 2.32. The van der Waals surface area contributed by atoms with Gasteiger partial charge in [-0.1, -0.05) is 51.1 Å². The molecular weight excluding hydrogens is 208 g/mol. The van der Waals surface area contributed by atoms with Crippen LogP contribution in [0.25, 0.3) is 0 Å². The van der Waals surface area contributed by atoms with Gasteiger partial charge in [0.05, 0.1) is 0 Å². The van der Waals surface area contributed by atoms with Crippen molar-refractivity contribution in [2.24, 2.45) is 11.3 Å². The largest absolute Gasteiger partial charge is 0.281 e. The summed E-state index contributed by atoms with van der Waals surface area (Å²) in [5, 5.41) is -0.254. The first-order chi connectivity index (χ1) is 6.93. The zero-order chi connectivity index (χ0) is 11.5. The van der Waals surface area contributed by atoms with Crippen molar-refractivity contribution in [3.05, 3.63) is 35.9 Å². The van der Waals surface area contributed by atoms with E-state index in [-0.39, 0.29) is 16.6 Å². The summed E-state index contributed by atoms with van der Waals surface area (Å²) < 4.78 is 0. The monoisotopic (exact) mass is 224 g/mol. The molecule has 0 bridgehead atoms. The van der Waals surface area contributed by atoms with Crippen LogP contribution in [0.2, 0.25) is 0 Å². The number of carbonyl (C=O) groups is 1. The molecule has 0 saturated carbocycles. The van der Waals surface area contributed by atoms with Crippen molar-refractivity contribution >= 4 is 16.8 Å². The zero-order valence-electron chi connectivity index (χ0n) is 9.46. The predicted octanol–water partition coefficient (Wildman–Crippen LogP) is 3.66. The van der Waals surface area contributed by atoms with Crippen LogP contribution < -0.4 is 0 Å². The van der Waals surface area contributed by atoms with Crippen molar-refractivity contribution in [2.75, 3.05) is 0 Å². The summed E-state index contributed by atoms with van der Waals surface area (Å²) in [6, 6.07) is 10.2. The van der Waals surface area contributed by atoms with Gasteiger partial charge >= 0.3 is 0 Å². The fourth-order valence-electron chi connectivity index (χ4n) is 1.58. The van der Waals surface area contributed by atoms with Crippen LogP contribution in [0, 0.1) is 11.3 Å². The Balaban J connectivity index is 2.76. The van der Waals surface area contributed by atoms with Crippen LogP contribution in [0.5, 0.6) is 0 Å². The average molecular weight is 225 g/mol. The van der Waals surface area contributed by atoms with E-state index < -0.39 is 0 Å². The molecule has 15 heavy (non-hydrogen) atoms. The summed E-state index contributed by atoms with van der Waals surface area (Å²) in [6.45, 7) is 6.04. The molecule has 0 aromatic heterocycles. The molecule has 0 aliphatic carbocycles. The molecule has 1 aromatic carbocycles. The van der Waals surface area contributed by atoms with Gasteiger partial charge in [0.2, 0.25) is 5.24 Å². The van der Waals surface area contributed by atoms with Crippen LogP contribution in [0.4, 0.5) is 0 Å². The first kappa shape index (κ1) is 12.3. The van der Waals surface area contributed by atoms with Gasteiger partial charge in [-0.3, -0.25) is 4.79 Å². The topological polar surface area (TPSA) is 17.1 Å². The van der Waals surface area contributed by atoms with Crippen LogP contribution in [0.1, 0.15) is 26.3 Å². The molecule has 0 fully saturated rings. The molecule has 0 N–H and O–H groups in total. The molecule has 1 unspecified atom stereocenters. The fourth-order valence-corrected chi connectivity index (χ4v) is 1.88. The summed E-state index contributed by atoms with van der Waals surface area (Å²) in [5.41, 5.74) is 1.15. The van der Waals surface area contributed by atoms with Crippen molar-refractivity contribution in [3.8, 4) is 0 Å². The van der Waals surface area contributed by atoms with Gasteiger partial charge in [-0.2, -0.15) is 0 Å². The van der Waals surface area contributed by atoms with Crippen LogP contribution in [-0.4, -0.2) is 5.24 Å². The molecule has 0 heterocycles. The highest BCUT2D eigenvalue weighted by Gasteiger charge is 2.30. The van der Waals surface area contributed by atoms with Gasteiger partial charge in [-0.25, -0.2) is 0 Å². The molecule has 0 spiro atoms. The van der Waals surface area contributed by atoms with Gasteiger partial charge in [-0.05, 0) is 29.0 Å². The Hall–Kier alpha value is -0.820. The second-order valence-electron chi connectivity index (χ2n) is 4.68. The van der Waals surface area contributed by atoms with Crippen molar-refractivity contribution in [3.63, 3.8) is 0 Å². The molecule has 2 heteroatoms. The molecule has 82 valence electrons. The Morgan fingerprint density at radius 1 is 1.33 bits per heavy atom. The van der Waals surface area contributed by atoms with Crippen molar-refractivity contribution in [1.29, 1.82) is 0 Å². The van der Waals surface area contributed by atoms with E-state index in [0.717, 1.165) is 6.42 Å². The lowest BCUT2D eigenvalue weighted by atomic mass is 9.76. The van der Waals surface area contributed by atoms with Crippen LogP contribution in [0.3, 0.4) is 0 Å². The number of rotatable bonds is 4. The highest BCUT2D eigenvalue weighted by atomic mass is 35.5. The third-order valence-electron chi connectivity index (χ3n) is 3.02. The highest BCUT2D eigenvalue weighted by molar-refractivity contribution is 6.64. The first-order valence-corrected chi connectivity index (χ1v) is 5.54. The summed E-state index contributed by atoms with van der Waals surface area (Å²) in [7, 11) is 0. The molecule has 0 radical (unpaired) electrons. The van der Waals surface area contributed by atoms with E-state index in [0.29, 0.717) is 0 Å². The Labute approximate surface area is 96.5 Å². The summed E-state index contributed by atoms with van der Waals surface area (Å²) >= 11 is 5.54. The van der Waals surface area contributed by atoms with E-state index in [4.69, 9.17) is 11.6 Å². The van der Waals surface area contributed by atoms with Gasteiger partial charge in [0.15, 0.2) is 0 Å². The summed E-state index contributed by atoms with van der Waals surface area (Å²) in [6.07, 6.45) is 0.869. The van der Waals surface area contributed by atoms with Crippen molar-refractivity contribution < 1.29 is 4.79 Å². The lowest BCUT2D eigenvalue weighted by Crippen LogP contribution is -2.28. The number of hydrogen-bond acceptors (Lipinski definition) is 1. The Morgan fingerprint density at radius 3 is 2.33 bits per heavy atom. The van der Waals surface area contributed by atoms with E-state index in [1.54, 1.807) is 0 Å². The molecule has 1 rings (SSSR count). The molecule has 1 aromatic rings. The number of hydrogen-bond donors (Lipinski definition) is 0. The molecule has 0 aliphatic heterocycles. The molecule has 0 amide bonds. The Morgan fingerprint density at radius 2 is 1.87 bits per heavy atom. The van der Waals surface area contributed by atoms with E-state index in [2.05, 4.69) is 26.0 Å². The lowest BCUT2D eigenvalue weighted by molar-refractivity contribution is -0.117. The second-order valence-corrected chi connectivity index (χ2v) is 5.05. The minimum absolute atomic E-state index is 0.0970. The SMILES string of the molecule is CC(C(=O)Cl)C(C)(C)Cc1ccccc1. The number of carbonyl (C=O) groups excluding carboxylic acids is 1. The summed E-state index contributed by atoms with van der Waals surface area (Å²) in [4.78, 5) is 11.1. The van der Waals surface area contributed by atoms with Crippen LogP contribution >= 0.6 is 11.6 Å².